The van der Waals surface area contributed by atoms with Crippen molar-refractivity contribution >= 4 is 44.5 Å². The van der Waals surface area contributed by atoms with Crippen LogP contribution in [0.5, 0.6) is 0 Å². The fourth-order valence-corrected chi connectivity index (χ4v) is 2.45. The van der Waals surface area contributed by atoms with Crippen LogP contribution in [-0.2, 0) is 0 Å². The molecule has 0 spiro atoms. The van der Waals surface area contributed by atoms with Crippen molar-refractivity contribution in [3.8, 4) is 11.4 Å². The molecule has 4 nitrogen and oxygen atoms in total. The number of aromatic nitrogens is 2. The summed E-state index contributed by atoms with van der Waals surface area (Å²) in [5.74, 6) is -1.44. The van der Waals surface area contributed by atoms with Crippen molar-refractivity contribution in [2.75, 3.05) is 0 Å². The molecule has 106 valence electrons. The number of hydrogen-bond donors (Lipinski definition) is 2. The van der Waals surface area contributed by atoms with E-state index in [0.717, 1.165) is 10.5 Å². The van der Waals surface area contributed by atoms with Gasteiger partial charge < -0.3 is 10.1 Å². The number of hydrogen-bond acceptors (Lipinski definition) is 2. The summed E-state index contributed by atoms with van der Waals surface area (Å²) in [6.07, 6.45) is 0. The number of imidazole rings is 1. The third-order valence-electron chi connectivity index (χ3n) is 2.97. The molecule has 2 N–H and O–H groups in total. The Kier molecular flexibility index (Phi) is 3.43. The van der Waals surface area contributed by atoms with Crippen LogP contribution in [0.3, 0.4) is 0 Å². The maximum atomic E-state index is 13.4. The van der Waals surface area contributed by atoms with E-state index in [0.29, 0.717) is 21.9 Å². The van der Waals surface area contributed by atoms with E-state index in [1.54, 1.807) is 18.2 Å². The number of carbonyl (C=O) groups is 1. The molecule has 3 rings (SSSR count). The van der Waals surface area contributed by atoms with Gasteiger partial charge >= 0.3 is 5.97 Å². The Morgan fingerprint density at radius 2 is 2.10 bits per heavy atom. The van der Waals surface area contributed by atoms with E-state index in [1.807, 2.05) is 0 Å². The van der Waals surface area contributed by atoms with E-state index < -0.39 is 11.8 Å². The van der Waals surface area contributed by atoms with Crippen LogP contribution in [0.25, 0.3) is 22.4 Å². The number of H-pyrrole nitrogens is 1. The molecule has 0 aliphatic rings. The number of carboxylic acid groups (broad SMARTS) is 1. The lowest BCUT2D eigenvalue weighted by Gasteiger charge is -1.99. The molecule has 0 saturated heterocycles. The highest BCUT2D eigenvalue weighted by Gasteiger charge is 2.16. The lowest BCUT2D eigenvalue weighted by Crippen LogP contribution is -1.98. The molecule has 0 amide bonds. The molecular formula is C14H7BrClFN2O2. The van der Waals surface area contributed by atoms with E-state index in [2.05, 4.69) is 25.9 Å². The first kappa shape index (κ1) is 14.0. The van der Waals surface area contributed by atoms with Gasteiger partial charge in [0.25, 0.3) is 0 Å². The first-order chi connectivity index (χ1) is 9.95. The SMILES string of the molecule is O=C(O)c1cc(F)cc2[nH]c(-c3ccc(Br)c(Cl)c3)nc12. The maximum absolute atomic E-state index is 13.4. The summed E-state index contributed by atoms with van der Waals surface area (Å²) in [4.78, 5) is 18.3. The summed E-state index contributed by atoms with van der Waals surface area (Å²) in [5, 5.41) is 9.62. The lowest BCUT2D eigenvalue weighted by atomic mass is 10.2. The number of halogens is 3. The molecule has 21 heavy (non-hydrogen) atoms. The average molecular weight is 370 g/mol. The Morgan fingerprint density at radius 1 is 1.33 bits per heavy atom. The van der Waals surface area contributed by atoms with Crippen molar-refractivity contribution in [3.05, 3.63) is 51.2 Å². The van der Waals surface area contributed by atoms with Crippen LogP contribution in [-0.4, -0.2) is 21.0 Å². The Morgan fingerprint density at radius 3 is 2.76 bits per heavy atom. The maximum Gasteiger partial charge on any atom is 0.338 e. The molecule has 1 heterocycles. The largest absolute Gasteiger partial charge is 0.478 e. The topological polar surface area (TPSA) is 66.0 Å². The van der Waals surface area contributed by atoms with Gasteiger partial charge in [-0.05, 0) is 40.2 Å². The van der Waals surface area contributed by atoms with Crippen LogP contribution in [0.15, 0.2) is 34.8 Å². The van der Waals surface area contributed by atoms with Crippen LogP contribution in [0, 0.1) is 5.82 Å². The third-order valence-corrected chi connectivity index (χ3v) is 4.21. The minimum Gasteiger partial charge on any atom is -0.478 e. The Balaban J connectivity index is 2.23. The fourth-order valence-electron chi connectivity index (χ4n) is 2.03. The zero-order valence-corrected chi connectivity index (χ0v) is 12.7. The number of nitrogens with one attached hydrogen (secondary N) is 1. The molecule has 0 fully saturated rings. The van der Waals surface area contributed by atoms with Crippen LogP contribution >= 0.6 is 27.5 Å². The number of rotatable bonds is 2. The zero-order chi connectivity index (χ0) is 15.1. The van der Waals surface area contributed by atoms with Gasteiger partial charge in [-0.3, -0.25) is 0 Å². The van der Waals surface area contributed by atoms with Gasteiger partial charge in [-0.2, -0.15) is 0 Å². The quantitative estimate of drug-likeness (QED) is 0.700. The third kappa shape index (κ3) is 2.52. The Bertz CT molecular complexity index is 879. The van der Waals surface area contributed by atoms with E-state index in [1.165, 1.54) is 6.07 Å². The number of aromatic carboxylic acids is 1. The number of fused-ring (bicyclic) bond motifs is 1. The van der Waals surface area contributed by atoms with Crippen LogP contribution in [0.1, 0.15) is 10.4 Å². The monoisotopic (exact) mass is 368 g/mol. The summed E-state index contributed by atoms with van der Waals surface area (Å²) in [5.41, 5.74) is 1.02. The molecule has 0 aliphatic carbocycles. The van der Waals surface area contributed by atoms with Crippen LogP contribution < -0.4 is 0 Å². The van der Waals surface area contributed by atoms with E-state index >= 15 is 0 Å². The van der Waals surface area contributed by atoms with Gasteiger partial charge in [0.1, 0.15) is 17.2 Å². The van der Waals surface area contributed by atoms with Gasteiger partial charge in [0.05, 0.1) is 16.1 Å². The first-order valence-corrected chi connectivity index (χ1v) is 7.01. The first-order valence-electron chi connectivity index (χ1n) is 5.83. The molecular weight excluding hydrogens is 363 g/mol. The number of nitrogens with zero attached hydrogens (tertiary/aromatic N) is 1. The highest BCUT2D eigenvalue weighted by atomic mass is 79.9. The second-order valence-electron chi connectivity index (χ2n) is 4.37. The van der Waals surface area contributed by atoms with Gasteiger partial charge in [-0.1, -0.05) is 17.7 Å². The zero-order valence-electron chi connectivity index (χ0n) is 10.3. The molecule has 0 radical (unpaired) electrons. The van der Waals surface area contributed by atoms with Crippen molar-refractivity contribution in [1.82, 2.24) is 9.97 Å². The molecule has 3 aromatic rings. The minimum absolute atomic E-state index is 0.185. The molecule has 0 atom stereocenters. The molecule has 0 aliphatic heterocycles. The predicted octanol–water partition coefficient (Wildman–Crippen LogP) is 4.48. The van der Waals surface area contributed by atoms with Gasteiger partial charge in [-0.15, -0.1) is 0 Å². The fraction of sp³-hybridized carbons (Fsp3) is 0. The number of carboxylic acids is 1. The van der Waals surface area contributed by atoms with Gasteiger partial charge in [0, 0.05) is 10.0 Å². The normalized spacial score (nSPS) is 11.0. The summed E-state index contributed by atoms with van der Waals surface area (Å²) >= 11 is 9.31. The van der Waals surface area contributed by atoms with Crippen molar-refractivity contribution in [1.29, 1.82) is 0 Å². The van der Waals surface area contributed by atoms with Crippen molar-refractivity contribution < 1.29 is 14.3 Å². The molecule has 2 aromatic carbocycles. The highest BCUT2D eigenvalue weighted by molar-refractivity contribution is 9.10. The van der Waals surface area contributed by atoms with Gasteiger partial charge in [0.2, 0.25) is 0 Å². The molecule has 0 unspecified atom stereocenters. The van der Waals surface area contributed by atoms with Crippen LogP contribution in [0.2, 0.25) is 5.02 Å². The Labute approximate surface area is 131 Å². The van der Waals surface area contributed by atoms with Crippen molar-refractivity contribution in [3.63, 3.8) is 0 Å². The number of aromatic amines is 1. The van der Waals surface area contributed by atoms with Crippen molar-refractivity contribution in [2.45, 2.75) is 0 Å². The molecule has 1 aromatic heterocycles. The number of benzene rings is 2. The average Bonchev–Trinajstić information content (AvgIpc) is 2.84. The molecule has 7 heteroatoms. The predicted molar refractivity (Wildman–Crippen MR) is 81.2 cm³/mol. The minimum atomic E-state index is -1.23. The van der Waals surface area contributed by atoms with Gasteiger partial charge in [0.15, 0.2) is 0 Å². The molecule has 0 saturated carbocycles. The molecule has 0 bridgehead atoms. The summed E-state index contributed by atoms with van der Waals surface area (Å²) in [6.45, 7) is 0. The highest BCUT2D eigenvalue weighted by Crippen LogP contribution is 2.29. The van der Waals surface area contributed by atoms with E-state index in [-0.39, 0.29) is 11.1 Å². The van der Waals surface area contributed by atoms with Gasteiger partial charge in [-0.25, -0.2) is 14.2 Å². The van der Waals surface area contributed by atoms with E-state index in [9.17, 15) is 9.18 Å². The summed E-state index contributed by atoms with van der Waals surface area (Å²) < 4.78 is 14.2. The lowest BCUT2D eigenvalue weighted by molar-refractivity contribution is 0.0698. The van der Waals surface area contributed by atoms with E-state index in [4.69, 9.17) is 16.7 Å². The smallest absolute Gasteiger partial charge is 0.338 e. The Hall–Kier alpha value is -1.92. The van der Waals surface area contributed by atoms with Crippen molar-refractivity contribution in [2.24, 2.45) is 0 Å². The van der Waals surface area contributed by atoms with Crippen LogP contribution in [0.4, 0.5) is 4.39 Å². The summed E-state index contributed by atoms with van der Waals surface area (Å²) in [6, 6.07) is 7.36. The standard InChI is InChI=1S/C14H7BrClFN2O2/c15-9-2-1-6(3-10(9)16)13-18-11-5-7(17)4-8(14(20)21)12(11)19-13/h1-5H,(H,18,19)(H,20,21). The second kappa shape index (κ2) is 5.13. The summed E-state index contributed by atoms with van der Waals surface area (Å²) in [7, 11) is 0. The second-order valence-corrected chi connectivity index (χ2v) is 5.63.